The second kappa shape index (κ2) is 11.9. The maximum Gasteiger partial charge on any atom is 0.426 e. The Balaban J connectivity index is 1.41. The van der Waals surface area contributed by atoms with Crippen LogP contribution in [0, 0.1) is 29.1 Å². The first kappa shape index (κ1) is 32.2. The second-order valence-corrected chi connectivity index (χ2v) is 10.5. The summed E-state index contributed by atoms with van der Waals surface area (Å²) in [6.45, 7) is 1.90. The average molecular weight is 657 g/mol. The zero-order valence-electron chi connectivity index (χ0n) is 22.9. The van der Waals surface area contributed by atoms with Crippen molar-refractivity contribution in [2.75, 3.05) is 0 Å². The largest absolute Gasteiger partial charge is 0.429 e. The lowest BCUT2D eigenvalue weighted by Crippen LogP contribution is -2.22. The number of rotatable bonds is 7. The van der Waals surface area contributed by atoms with Crippen molar-refractivity contribution >= 4 is 22.4 Å². The fraction of sp³-hybridized carbons (Fsp3) is 0.152. The quantitative estimate of drug-likeness (QED) is 0.158. The standard InChI is InChI=1S/C33H19ClF10O/c1-2-3-17-4-5-18-12-22(30(38)31(39)28(18)29(17)34)16-6-9-20(10-7-16)33(43,44)45-21-14-25(36)27(26(37)15-21)19-8-11-23(24(35)13-19)32(40,41)42/h4-15H,2-3H2,1H3. The van der Waals surface area contributed by atoms with Gasteiger partial charge in [0.15, 0.2) is 11.6 Å². The summed E-state index contributed by atoms with van der Waals surface area (Å²) in [4.78, 5) is 0. The van der Waals surface area contributed by atoms with Gasteiger partial charge in [-0.2, -0.15) is 22.0 Å². The third-order valence-electron chi connectivity index (χ3n) is 7.08. The van der Waals surface area contributed by atoms with E-state index in [-0.39, 0.29) is 33.0 Å². The lowest BCUT2D eigenvalue weighted by atomic mass is 9.97. The van der Waals surface area contributed by atoms with Crippen LogP contribution in [-0.2, 0) is 18.7 Å². The molecule has 0 heterocycles. The lowest BCUT2D eigenvalue weighted by molar-refractivity contribution is -0.185. The molecule has 0 bridgehead atoms. The van der Waals surface area contributed by atoms with Crippen molar-refractivity contribution in [3.8, 4) is 28.0 Å². The first-order chi connectivity index (χ1) is 21.1. The summed E-state index contributed by atoms with van der Waals surface area (Å²) in [6.07, 6.45) is -7.95. The van der Waals surface area contributed by atoms with Crippen molar-refractivity contribution in [2.24, 2.45) is 0 Å². The molecule has 12 heteroatoms. The number of hydrogen-bond acceptors (Lipinski definition) is 1. The van der Waals surface area contributed by atoms with Crippen LogP contribution in [0.15, 0.2) is 72.8 Å². The molecule has 0 aliphatic rings. The minimum absolute atomic E-state index is 0.0341. The van der Waals surface area contributed by atoms with Gasteiger partial charge in [-0.15, -0.1) is 0 Å². The van der Waals surface area contributed by atoms with Gasteiger partial charge in [-0.1, -0.05) is 55.3 Å². The van der Waals surface area contributed by atoms with Crippen molar-refractivity contribution in [3.05, 3.63) is 124 Å². The van der Waals surface area contributed by atoms with Gasteiger partial charge in [0.1, 0.15) is 23.2 Å². The number of ether oxygens (including phenoxy) is 1. The van der Waals surface area contributed by atoms with E-state index in [1.165, 1.54) is 6.07 Å². The highest BCUT2D eigenvalue weighted by Crippen LogP contribution is 2.40. The number of fused-ring (bicyclic) bond motifs is 1. The van der Waals surface area contributed by atoms with E-state index in [0.29, 0.717) is 36.2 Å². The highest BCUT2D eigenvalue weighted by molar-refractivity contribution is 6.36. The van der Waals surface area contributed by atoms with Gasteiger partial charge in [0.2, 0.25) is 0 Å². The van der Waals surface area contributed by atoms with Crippen LogP contribution < -0.4 is 4.74 Å². The zero-order valence-corrected chi connectivity index (χ0v) is 23.7. The number of aryl methyl sites for hydroxylation is 1. The van der Waals surface area contributed by atoms with Crippen LogP contribution in [0.4, 0.5) is 43.9 Å². The van der Waals surface area contributed by atoms with Gasteiger partial charge < -0.3 is 4.74 Å². The number of hydrogen-bond donors (Lipinski definition) is 0. The molecule has 0 saturated heterocycles. The monoisotopic (exact) mass is 656 g/mol. The number of alkyl halides is 5. The molecule has 5 aromatic rings. The molecule has 0 radical (unpaired) electrons. The smallest absolute Gasteiger partial charge is 0.426 e. The topological polar surface area (TPSA) is 9.23 Å². The van der Waals surface area contributed by atoms with E-state index < -0.39 is 69.4 Å². The summed E-state index contributed by atoms with van der Waals surface area (Å²) in [5.74, 6) is -8.23. The molecule has 0 saturated carbocycles. The molecular formula is C33H19ClF10O. The van der Waals surface area contributed by atoms with E-state index in [4.69, 9.17) is 11.6 Å². The average Bonchev–Trinajstić information content (AvgIpc) is 2.95. The zero-order chi connectivity index (χ0) is 32.8. The van der Waals surface area contributed by atoms with Crippen molar-refractivity contribution < 1.29 is 48.6 Å². The van der Waals surface area contributed by atoms with Crippen LogP contribution in [0.1, 0.15) is 30.0 Å². The number of benzene rings is 5. The Hall–Kier alpha value is -4.25. The first-order valence-electron chi connectivity index (χ1n) is 13.2. The van der Waals surface area contributed by atoms with Gasteiger partial charge in [-0.05, 0) is 58.8 Å². The Morgan fingerprint density at radius 2 is 1.31 bits per heavy atom. The summed E-state index contributed by atoms with van der Waals surface area (Å²) in [5.41, 5.74) is -3.58. The molecule has 0 amide bonds. The predicted molar refractivity (Wildman–Crippen MR) is 150 cm³/mol. The predicted octanol–water partition coefficient (Wildman–Crippen LogP) is 11.6. The molecule has 5 aromatic carbocycles. The molecule has 234 valence electrons. The SMILES string of the molecule is CCCc1ccc2cc(-c3ccc(C(F)(F)Oc4cc(F)c(-c5ccc(C(F)(F)F)c(F)c5)c(F)c4)cc3)c(F)c(F)c2c1Cl. The Morgan fingerprint density at radius 3 is 1.89 bits per heavy atom. The molecule has 0 spiro atoms. The Labute approximate surface area is 254 Å². The van der Waals surface area contributed by atoms with Gasteiger partial charge >= 0.3 is 12.3 Å². The second-order valence-electron chi connectivity index (χ2n) is 10.1. The first-order valence-corrected chi connectivity index (χ1v) is 13.6. The van der Waals surface area contributed by atoms with Crippen LogP contribution in [-0.4, -0.2) is 0 Å². The normalized spacial score (nSPS) is 12.2. The molecule has 45 heavy (non-hydrogen) atoms. The van der Waals surface area contributed by atoms with Crippen molar-refractivity contribution in [2.45, 2.75) is 32.1 Å². The van der Waals surface area contributed by atoms with E-state index >= 15 is 8.78 Å². The van der Waals surface area contributed by atoms with Gasteiger partial charge in [0.05, 0.1) is 21.7 Å². The Morgan fingerprint density at radius 1 is 0.689 bits per heavy atom. The van der Waals surface area contributed by atoms with Crippen molar-refractivity contribution in [1.82, 2.24) is 0 Å². The third-order valence-corrected chi connectivity index (χ3v) is 7.51. The van der Waals surface area contributed by atoms with E-state index in [0.717, 1.165) is 30.7 Å². The highest BCUT2D eigenvalue weighted by atomic mass is 35.5. The van der Waals surface area contributed by atoms with Crippen LogP contribution in [0.25, 0.3) is 33.0 Å². The van der Waals surface area contributed by atoms with E-state index in [9.17, 15) is 35.1 Å². The Kier molecular flexibility index (Phi) is 8.52. The fourth-order valence-corrected chi connectivity index (χ4v) is 5.28. The molecule has 0 atom stereocenters. The molecule has 0 unspecified atom stereocenters. The summed E-state index contributed by atoms with van der Waals surface area (Å²) in [5, 5.41) is 0.268. The molecule has 0 fully saturated rings. The summed E-state index contributed by atoms with van der Waals surface area (Å²) >= 11 is 6.32. The minimum atomic E-state index is -5.05. The van der Waals surface area contributed by atoms with Crippen molar-refractivity contribution in [3.63, 3.8) is 0 Å². The van der Waals surface area contributed by atoms with Gasteiger partial charge in [0.25, 0.3) is 0 Å². The fourth-order valence-electron chi connectivity index (χ4n) is 4.93. The van der Waals surface area contributed by atoms with Gasteiger partial charge in [-0.25, -0.2) is 22.0 Å². The van der Waals surface area contributed by atoms with E-state index in [1.54, 1.807) is 12.1 Å². The Bertz CT molecular complexity index is 1890. The van der Waals surface area contributed by atoms with Gasteiger partial charge in [0, 0.05) is 23.1 Å². The maximum absolute atomic E-state index is 15.1. The van der Waals surface area contributed by atoms with Crippen LogP contribution in [0.5, 0.6) is 5.75 Å². The van der Waals surface area contributed by atoms with Crippen LogP contribution >= 0.6 is 11.6 Å². The van der Waals surface area contributed by atoms with E-state index in [1.807, 2.05) is 6.92 Å². The highest BCUT2D eigenvalue weighted by Gasteiger charge is 2.36. The van der Waals surface area contributed by atoms with Gasteiger partial charge in [-0.3, -0.25) is 0 Å². The van der Waals surface area contributed by atoms with Crippen LogP contribution in [0.3, 0.4) is 0 Å². The minimum Gasteiger partial charge on any atom is -0.429 e. The number of halogens is 11. The lowest BCUT2D eigenvalue weighted by Gasteiger charge is -2.19. The molecule has 0 aliphatic heterocycles. The molecule has 0 N–H and O–H groups in total. The maximum atomic E-state index is 15.1. The van der Waals surface area contributed by atoms with E-state index in [2.05, 4.69) is 4.74 Å². The molecule has 0 aliphatic carbocycles. The molecular weight excluding hydrogens is 638 g/mol. The van der Waals surface area contributed by atoms with Crippen molar-refractivity contribution in [1.29, 1.82) is 0 Å². The van der Waals surface area contributed by atoms with Crippen LogP contribution in [0.2, 0.25) is 5.02 Å². The molecule has 1 nitrogen and oxygen atoms in total. The summed E-state index contributed by atoms with van der Waals surface area (Å²) < 4.78 is 147. The third kappa shape index (κ3) is 6.18. The summed E-state index contributed by atoms with van der Waals surface area (Å²) in [7, 11) is 0. The molecule has 0 aromatic heterocycles. The summed E-state index contributed by atoms with van der Waals surface area (Å²) in [6, 6.07) is 10.4. The molecule has 5 rings (SSSR count).